The maximum absolute atomic E-state index is 12.4. The van der Waals surface area contributed by atoms with Crippen LogP contribution in [-0.2, 0) is 4.74 Å². The summed E-state index contributed by atoms with van der Waals surface area (Å²) in [5.74, 6) is 1.00. The van der Waals surface area contributed by atoms with Gasteiger partial charge in [-0.1, -0.05) is 30.3 Å². The van der Waals surface area contributed by atoms with Gasteiger partial charge in [-0.05, 0) is 43.2 Å². The third kappa shape index (κ3) is 4.53. The monoisotopic (exact) mass is 375 g/mol. The molecule has 0 spiro atoms. The van der Waals surface area contributed by atoms with Crippen molar-refractivity contribution in [3.8, 4) is 22.9 Å². The minimum Gasteiger partial charge on any atom is -0.438 e. The third-order valence-electron chi connectivity index (χ3n) is 4.54. The molecular formula is C22H21N3O3. The van der Waals surface area contributed by atoms with Crippen molar-refractivity contribution in [1.82, 2.24) is 15.5 Å². The standard InChI is InChI=1S/C22H21N3O3/c26-22(23-15-19-10-5-13-27-19)17-7-4-6-16(14-17)20-11-12-21(25-24-20)28-18-8-2-1-3-9-18/h1-4,6-9,11-12,14,19H,5,10,13,15H2,(H,23,26). The van der Waals surface area contributed by atoms with Gasteiger partial charge in [-0.25, -0.2) is 0 Å². The molecule has 3 aromatic rings. The Morgan fingerprint density at radius 3 is 2.71 bits per heavy atom. The third-order valence-corrected chi connectivity index (χ3v) is 4.54. The van der Waals surface area contributed by atoms with Crippen LogP contribution in [0.3, 0.4) is 0 Å². The second-order valence-corrected chi connectivity index (χ2v) is 6.60. The van der Waals surface area contributed by atoms with Gasteiger partial charge < -0.3 is 14.8 Å². The first-order valence-electron chi connectivity index (χ1n) is 9.35. The van der Waals surface area contributed by atoms with Crippen LogP contribution in [0.2, 0.25) is 0 Å². The number of benzene rings is 2. The maximum Gasteiger partial charge on any atom is 0.251 e. The van der Waals surface area contributed by atoms with Crippen molar-refractivity contribution in [2.45, 2.75) is 18.9 Å². The first kappa shape index (κ1) is 18.1. The number of hydrogen-bond donors (Lipinski definition) is 1. The molecule has 142 valence electrons. The second-order valence-electron chi connectivity index (χ2n) is 6.60. The van der Waals surface area contributed by atoms with Gasteiger partial charge in [-0.15, -0.1) is 10.2 Å². The molecule has 0 radical (unpaired) electrons. The Morgan fingerprint density at radius 2 is 1.96 bits per heavy atom. The molecule has 2 aromatic carbocycles. The second kappa shape index (κ2) is 8.63. The first-order valence-corrected chi connectivity index (χ1v) is 9.35. The van der Waals surface area contributed by atoms with Crippen molar-refractivity contribution in [3.05, 3.63) is 72.3 Å². The van der Waals surface area contributed by atoms with E-state index in [1.807, 2.05) is 54.6 Å². The Hall–Kier alpha value is -3.25. The molecule has 1 aliphatic rings. The van der Waals surface area contributed by atoms with E-state index in [0.29, 0.717) is 29.4 Å². The van der Waals surface area contributed by atoms with Crippen LogP contribution in [0, 0.1) is 0 Å². The average Bonchev–Trinajstić information content (AvgIpc) is 3.27. The Balaban J connectivity index is 1.42. The van der Waals surface area contributed by atoms with Crippen LogP contribution in [0.25, 0.3) is 11.3 Å². The first-order chi connectivity index (χ1) is 13.8. The van der Waals surface area contributed by atoms with E-state index >= 15 is 0 Å². The van der Waals surface area contributed by atoms with E-state index in [4.69, 9.17) is 9.47 Å². The molecule has 2 heterocycles. The summed E-state index contributed by atoms with van der Waals surface area (Å²) in [4.78, 5) is 12.4. The van der Waals surface area contributed by atoms with Crippen molar-refractivity contribution in [3.63, 3.8) is 0 Å². The fourth-order valence-electron chi connectivity index (χ4n) is 3.07. The van der Waals surface area contributed by atoms with Gasteiger partial charge in [0.25, 0.3) is 5.91 Å². The fourth-order valence-corrected chi connectivity index (χ4v) is 3.07. The quantitative estimate of drug-likeness (QED) is 0.708. The van der Waals surface area contributed by atoms with Crippen molar-refractivity contribution in [2.24, 2.45) is 0 Å². The lowest BCUT2D eigenvalue weighted by Gasteiger charge is -2.11. The number of ether oxygens (including phenoxy) is 2. The Labute approximate surface area is 163 Å². The lowest BCUT2D eigenvalue weighted by molar-refractivity contribution is 0.0858. The highest BCUT2D eigenvalue weighted by molar-refractivity contribution is 5.95. The number of hydrogen-bond acceptors (Lipinski definition) is 5. The van der Waals surface area contributed by atoms with Crippen LogP contribution >= 0.6 is 0 Å². The lowest BCUT2D eigenvalue weighted by atomic mass is 10.1. The van der Waals surface area contributed by atoms with Gasteiger partial charge in [-0.3, -0.25) is 4.79 Å². The number of rotatable bonds is 6. The van der Waals surface area contributed by atoms with E-state index in [0.717, 1.165) is 25.0 Å². The van der Waals surface area contributed by atoms with Crippen LogP contribution < -0.4 is 10.1 Å². The van der Waals surface area contributed by atoms with Crippen molar-refractivity contribution < 1.29 is 14.3 Å². The number of nitrogens with one attached hydrogen (secondary N) is 1. The molecule has 0 bridgehead atoms. The SMILES string of the molecule is O=C(NCC1CCCO1)c1cccc(-c2ccc(Oc3ccccc3)nn2)c1. The molecule has 1 aliphatic heterocycles. The zero-order valence-electron chi connectivity index (χ0n) is 15.4. The summed E-state index contributed by atoms with van der Waals surface area (Å²) < 4.78 is 11.2. The van der Waals surface area contributed by atoms with Gasteiger partial charge in [0.15, 0.2) is 0 Å². The highest BCUT2D eigenvalue weighted by atomic mass is 16.5. The predicted octanol–water partition coefficient (Wildman–Crippen LogP) is 3.84. The van der Waals surface area contributed by atoms with Crippen LogP contribution in [0.4, 0.5) is 0 Å². The smallest absolute Gasteiger partial charge is 0.251 e. The Morgan fingerprint density at radius 1 is 1.07 bits per heavy atom. The summed E-state index contributed by atoms with van der Waals surface area (Å²) in [7, 11) is 0. The molecule has 1 aromatic heterocycles. The summed E-state index contributed by atoms with van der Waals surface area (Å²) in [6.45, 7) is 1.31. The molecule has 1 atom stereocenters. The summed E-state index contributed by atoms with van der Waals surface area (Å²) >= 11 is 0. The molecule has 6 nitrogen and oxygen atoms in total. The molecule has 1 fully saturated rings. The minimum atomic E-state index is -0.116. The van der Waals surface area contributed by atoms with Crippen molar-refractivity contribution >= 4 is 5.91 Å². The van der Waals surface area contributed by atoms with Crippen LogP contribution in [-0.4, -0.2) is 35.4 Å². The minimum absolute atomic E-state index is 0.116. The molecule has 4 rings (SSSR count). The number of carbonyl (C=O) groups is 1. The number of amides is 1. The van der Waals surface area contributed by atoms with Gasteiger partial charge in [0, 0.05) is 30.3 Å². The number of aromatic nitrogens is 2. The molecular weight excluding hydrogens is 354 g/mol. The molecule has 1 amide bonds. The molecule has 28 heavy (non-hydrogen) atoms. The number of carbonyl (C=O) groups excluding carboxylic acids is 1. The molecule has 6 heteroatoms. The molecule has 0 saturated carbocycles. The van der Waals surface area contributed by atoms with Crippen molar-refractivity contribution in [2.75, 3.05) is 13.2 Å². The zero-order chi connectivity index (χ0) is 19.2. The summed E-state index contributed by atoms with van der Waals surface area (Å²) in [6.07, 6.45) is 2.17. The number of nitrogens with zero attached hydrogens (tertiary/aromatic N) is 2. The maximum atomic E-state index is 12.4. The van der Waals surface area contributed by atoms with E-state index < -0.39 is 0 Å². The van der Waals surface area contributed by atoms with E-state index in [1.165, 1.54) is 0 Å². The van der Waals surface area contributed by atoms with Gasteiger partial charge in [0.05, 0.1) is 11.8 Å². The molecule has 1 saturated heterocycles. The van der Waals surface area contributed by atoms with E-state index in [-0.39, 0.29) is 12.0 Å². The van der Waals surface area contributed by atoms with Gasteiger partial charge in [-0.2, -0.15) is 0 Å². The molecule has 1 unspecified atom stereocenters. The summed E-state index contributed by atoms with van der Waals surface area (Å²) in [5, 5.41) is 11.3. The van der Waals surface area contributed by atoms with Crippen LogP contribution in [0.1, 0.15) is 23.2 Å². The Bertz CT molecular complexity index is 923. The van der Waals surface area contributed by atoms with Gasteiger partial charge in [0.1, 0.15) is 5.75 Å². The molecule has 0 aliphatic carbocycles. The largest absolute Gasteiger partial charge is 0.438 e. The summed E-state index contributed by atoms with van der Waals surface area (Å²) in [5.41, 5.74) is 2.08. The number of para-hydroxylation sites is 1. The zero-order valence-corrected chi connectivity index (χ0v) is 15.4. The Kier molecular flexibility index (Phi) is 5.58. The average molecular weight is 375 g/mol. The van der Waals surface area contributed by atoms with E-state index in [2.05, 4.69) is 15.5 Å². The van der Waals surface area contributed by atoms with E-state index in [1.54, 1.807) is 12.1 Å². The van der Waals surface area contributed by atoms with Gasteiger partial charge >= 0.3 is 0 Å². The van der Waals surface area contributed by atoms with Crippen LogP contribution in [0.15, 0.2) is 66.7 Å². The lowest BCUT2D eigenvalue weighted by Crippen LogP contribution is -2.31. The highest BCUT2D eigenvalue weighted by Crippen LogP contribution is 2.22. The predicted molar refractivity (Wildman–Crippen MR) is 105 cm³/mol. The topological polar surface area (TPSA) is 73.3 Å². The fraction of sp³-hybridized carbons (Fsp3) is 0.227. The highest BCUT2D eigenvalue weighted by Gasteiger charge is 2.17. The normalized spacial score (nSPS) is 15.9. The van der Waals surface area contributed by atoms with Crippen molar-refractivity contribution in [1.29, 1.82) is 0 Å². The summed E-state index contributed by atoms with van der Waals surface area (Å²) in [6, 6.07) is 20.4. The van der Waals surface area contributed by atoms with Crippen LogP contribution in [0.5, 0.6) is 11.6 Å². The molecule has 1 N–H and O–H groups in total. The van der Waals surface area contributed by atoms with Gasteiger partial charge in [0.2, 0.25) is 5.88 Å². The van der Waals surface area contributed by atoms with E-state index in [9.17, 15) is 4.79 Å².